The predicted molar refractivity (Wildman–Crippen MR) is 107 cm³/mol. The number of hydrogen-bond acceptors (Lipinski definition) is 6. The second-order valence-corrected chi connectivity index (χ2v) is 6.91. The van der Waals surface area contributed by atoms with Crippen LogP contribution in [-0.2, 0) is 0 Å². The molecule has 0 radical (unpaired) electrons. The summed E-state index contributed by atoms with van der Waals surface area (Å²) < 4.78 is 17.7. The number of benzene rings is 1. The molecule has 7 nitrogen and oxygen atoms in total. The fourth-order valence-electron chi connectivity index (χ4n) is 3.00. The summed E-state index contributed by atoms with van der Waals surface area (Å²) in [5.41, 5.74) is 8.69. The number of terminal acetylenes is 1. The Kier molecular flexibility index (Phi) is 5.47. The molecule has 1 aliphatic rings. The number of nitriles is 1. The van der Waals surface area contributed by atoms with E-state index in [0.717, 1.165) is 20.4 Å². The van der Waals surface area contributed by atoms with Gasteiger partial charge in [0.15, 0.2) is 11.5 Å². The zero-order valence-electron chi connectivity index (χ0n) is 14.8. The molecule has 0 aliphatic carbocycles. The summed E-state index contributed by atoms with van der Waals surface area (Å²) in [4.78, 5) is 0. The zero-order valence-corrected chi connectivity index (χ0v) is 17.0. The van der Waals surface area contributed by atoms with Crippen molar-refractivity contribution >= 4 is 22.6 Å². The average molecular weight is 476 g/mol. The first-order valence-corrected chi connectivity index (χ1v) is 9.24. The van der Waals surface area contributed by atoms with Crippen LogP contribution >= 0.6 is 22.6 Å². The molecule has 0 unspecified atom stereocenters. The second-order valence-electron chi connectivity index (χ2n) is 5.75. The lowest BCUT2D eigenvalue weighted by atomic mass is 9.84. The summed E-state index contributed by atoms with van der Waals surface area (Å²) in [6, 6.07) is 5.93. The smallest absolute Gasteiger partial charge is 0.244 e. The van der Waals surface area contributed by atoms with Crippen molar-refractivity contribution in [2.75, 3.05) is 13.2 Å². The lowest BCUT2D eigenvalue weighted by molar-refractivity contribution is 0.297. The van der Waals surface area contributed by atoms with Crippen molar-refractivity contribution in [3.63, 3.8) is 0 Å². The van der Waals surface area contributed by atoms with Gasteiger partial charge in [-0.05, 0) is 54.1 Å². The zero-order chi connectivity index (χ0) is 19.6. The lowest BCUT2D eigenvalue weighted by Gasteiger charge is -2.25. The number of halogens is 1. The number of nitrogens with zero attached hydrogens (tertiary/aromatic N) is 2. The molecule has 1 atom stereocenters. The van der Waals surface area contributed by atoms with E-state index in [1.54, 1.807) is 0 Å². The molecular formula is C19H17IN4O3. The largest absolute Gasteiger partial charge is 0.490 e. The fourth-order valence-corrected chi connectivity index (χ4v) is 3.78. The number of rotatable bonds is 5. The molecule has 3 rings (SSSR count). The van der Waals surface area contributed by atoms with Gasteiger partial charge in [0.25, 0.3) is 0 Å². The highest BCUT2D eigenvalue weighted by molar-refractivity contribution is 14.1. The van der Waals surface area contributed by atoms with Crippen LogP contribution in [0.4, 0.5) is 0 Å². The van der Waals surface area contributed by atoms with E-state index in [2.05, 4.69) is 44.8 Å². The minimum Gasteiger partial charge on any atom is -0.490 e. The standard InChI is InChI=1S/C19H17IN4O3/c1-4-6-26-17-13(20)7-11(8-14(17)25-5-2)16-12(9-21)18(22)27-19-15(16)10(3)23-24-19/h1,7-8,16H,5-6,22H2,2-3H3,(H,23,24)/t16-/m1/s1. The highest BCUT2D eigenvalue weighted by Gasteiger charge is 2.35. The molecule has 0 bridgehead atoms. The Labute approximate surface area is 170 Å². The molecule has 0 amide bonds. The van der Waals surface area contributed by atoms with Crippen molar-refractivity contribution in [2.24, 2.45) is 5.73 Å². The van der Waals surface area contributed by atoms with Crippen LogP contribution < -0.4 is 19.9 Å². The Balaban J connectivity index is 2.19. The quantitative estimate of drug-likeness (QED) is 0.508. The van der Waals surface area contributed by atoms with E-state index in [1.165, 1.54) is 0 Å². The Hall–Kier alpha value is -2.85. The Morgan fingerprint density at radius 3 is 2.89 bits per heavy atom. The number of allylic oxidation sites excluding steroid dienone is 1. The molecule has 1 aromatic carbocycles. The van der Waals surface area contributed by atoms with E-state index >= 15 is 0 Å². The first-order valence-electron chi connectivity index (χ1n) is 8.16. The number of ether oxygens (including phenoxy) is 3. The normalized spacial score (nSPS) is 15.4. The van der Waals surface area contributed by atoms with Crippen molar-refractivity contribution in [1.29, 1.82) is 5.26 Å². The van der Waals surface area contributed by atoms with Gasteiger partial charge in [0, 0.05) is 11.3 Å². The third-order valence-electron chi connectivity index (χ3n) is 4.09. The van der Waals surface area contributed by atoms with Crippen LogP contribution in [-0.4, -0.2) is 23.4 Å². The number of aromatic amines is 1. The number of fused-ring (bicyclic) bond motifs is 1. The van der Waals surface area contributed by atoms with E-state index < -0.39 is 5.92 Å². The molecule has 27 heavy (non-hydrogen) atoms. The third kappa shape index (κ3) is 3.40. The average Bonchev–Trinajstić information content (AvgIpc) is 3.00. The van der Waals surface area contributed by atoms with Gasteiger partial charge >= 0.3 is 0 Å². The maximum Gasteiger partial charge on any atom is 0.244 e. The minimum absolute atomic E-state index is 0.0436. The molecule has 0 spiro atoms. The molecule has 8 heteroatoms. The van der Waals surface area contributed by atoms with E-state index in [4.69, 9.17) is 26.4 Å². The van der Waals surface area contributed by atoms with Crippen LogP contribution in [0.5, 0.6) is 17.4 Å². The van der Waals surface area contributed by atoms with Crippen molar-refractivity contribution in [1.82, 2.24) is 10.2 Å². The van der Waals surface area contributed by atoms with Gasteiger partial charge in [0.05, 0.1) is 16.1 Å². The van der Waals surface area contributed by atoms with Gasteiger partial charge in [-0.15, -0.1) is 11.5 Å². The molecular weight excluding hydrogens is 459 g/mol. The van der Waals surface area contributed by atoms with Crippen molar-refractivity contribution in [2.45, 2.75) is 19.8 Å². The highest BCUT2D eigenvalue weighted by atomic mass is 127. The molecule has 1 aliphatic heterocycles. The first kappa shape index (κ1) is 18.9. The number of nitrogens with one attached hydrogen (secondary N) is 1. The van der Waals surface area contributed by atoms with E-state index in [1.807, 2.05) is 26.0 Å². The molecule has 0 saturated carbocycles. The van der Waals surface area contributed by atoms with Gasteiger partial charge in [0.2, 0.25) is 11.8 Å². The maximum atomic E-state index is 9.68. The van der Waals surface area contributed by atoms with Crippen LogP contribution in [0, 0.1) is 34.2 Å². The highest BCUT2D eigenvalue weighted by Crippen LogP contribution is 2.45. The van der Waals surface area contributed by atoms with E-state index in [9.17, 15) is 5.26 Å². The Morgan fingerprint density at radius 2 is 2.22 bits per heavy atom. The minimum atomic E-state index is -0.424. The summed E-state index contributed by atoms with van der Waals surface area (Å²) >= 11 is 2.16. The second kappa shape index (κ2) is 7.80. The molecule has 0 saturated heterocycles. The summed E-state index contributed by atoms with van der Waals surface area (Å²) in [6.45, 7) is 4.35. The SMILES string of the molecule is C#CCOc1c(I)cc([C@@H]2C(C#N)=C(N)Oc3n[nH]c(C)c32)cc1OCC. The Morgan fingerprint density at radius 1 is 1.44 bits per heavy atom. The molecule has 0 fully saturated rings. The predicted octanol–water partition coefficient (Wildman–Crippen LogP) is 2.95. The lowest BCUT2D eigenvalue weighted by Crippen LogP contribution is -2.21. The van der Waals surface area contributed by atoms with Gasteiger partial charge in [-0.2, -0.15) is 5.26 Å². The summed E-state index contributed by atoms with van der Waals surface area (Å²) in [7, 11) is 0. The van der Waals surface area contributed by atoms with Crippen LogP contribution in [0.15, 0.2) is 23.6 Å². The van der Waals surface area contributed by atoms with Crippen LogP contribution in [0.3, 0.4) is 0 Å². The van der Waals surface area contributed by atoms with Gasteiger partial charge in [-0.25, -0.2) is 0 Å². The van der Waals surface area contributed by atoms with Gasteiger partial charge < -0.3 is 19.9 Å². The van der Waals surface area contributed by atoms with Crippen LogP contribution in [0.2, 0.25) is 0 Å². The van der Waals surface area contributed by atoms with E-state index in [0.29, 0.717) is 29.6 Å². The maximum absolute atomic E-state index is 9.68. The van der Waals surface area contributed by atoms with Crippen LogP contribution in [0.25, 0.3) is 0 Å². The summed E-state index contributed by atoms with van der Waals surface area (Å²) in [5, 5.41) is 16.7. The van der Waals surface area contributed by atoms with Crippen LogP contribution in [0.1, 0.15) is 29.7 Å². The number of aromatic nitrogens is 2. The van der Waals surface area contributed by atoms with Gasteiger partial charge in [-0.3, -0.25) is 5.10 Å². The number of aryl methyl sites for hydroxylation is 1. The summed E-state index contributed by atoms with van der Waals surface area (Å²) in [5.74, 6) is 3.57. The third-order valence-corrected chi connectivity index (χ3v) is 4.90. The molecule has 3 N–H and O–H groups in total. The molecule has 138 valence electrons. The monoisotopic (exact) mass is 476 g/mol. The van der Waals surface area contributed by atoms with Gasteiger partial charge in [-0.1, -0.05) is 5.92 Å². The first-order chi connectivity index (χ1) is 13.0. The fraction of sp³-hybridized carbons (Fsp3) is 0.263. The summed E-state index contributed by atoms with van der Waals surface area (Å²) in [6.07, 6.45) is 5.31. The number of hydrogen-bond donors (Lipinski definition) is 2. The van der Waals surface area contributed by atoms with Gasteiger partial charge in [0.1, 0.15) is 18.2 Å². The Bertz CT molecular complexity index is 998. The molecule has 2 heterocycles. The van der Waals surface area contributed by atoms with E-state index in [-0.39, 0.29) is 12.5 Å². The molecule has 1 aromatic heterocycles. The number of H-pyrrole nitrogens is 1. The van der Waals surface area contributed by atoms with Crippen molar-refractivity contribution in [3.8, 4) is 35.8 Å². The van der Waals surface area contributed by atoms with Crippen molar-refractivity contribution < 1.29 is 14.2 Å². The molecule has 2 aromatic rings. The topological polar surface area (TPSA) is 106 Å². The number of nitrogens with two attached hydrogens (primary N) is 1. The van der Waals surface area contributed by atoms with Crippen molar-refractivity contribution in [3.05, 3.63) is 44.0 Å².